The molecule has 23 heavy (non-hydrogen) atoms. The summed E-state index contributed by atoms with van der Waals surface area (Å²) < 4.78 is 27.3. The molecule has 0 radical (unpaired) electrons. The third kappa shape index (κ3) is 3.24. The second kappa shape index (κ2) is 6.78. The van der Waals surface area contributed by atoms with Crippen molar-refractivity contribution in [3.05, 3.63) is 29.3 Å². The van der Waals surface area contributed by atoms with Crippen LogP contribution in [-0.4, -0.2) is 31.9 Å². The zero-order valence-electron chi connectivity index (χ0n) is 13.1. The Morgan fingerprint density at radius 2 is 2.04 bits per heavy atom. The van der Waals surface area contributed by atoms with E-state index in [4.69, 9.17) is 11.0 Å². The van der Waals surface area contributed by atoms with E-state index in [1.807, 2.05) is 0 Å². The number of hydrogen-bond acceptors (Lipinski definition) is 4. The second-order valence-electron chi connectivity index (χ2n) is 6.43. The molecule has 2 fully saturated rings. The summed E-state index contributed by atoms with van der Waals surface area (Å²) in [6, 6.07) is 6.88. The molecule has 1 aliphatic heterocycles. The van der Waals surface area contributed by atoms with Crippen molar-refractivity contribution < 1.29 is 8.42 Å². The molecule has 2 N–H and O–H groups in total. The van der Waals surface area contributed by atoms with Crippen molar-refractivity contribution in [2.75, 3.05) is 13.1 Å². The Labute approximate surface area is 143 Å². The SMILES string of the molecule is Cc1cc(S(=O)(=O)N2CC3CCCC(N)C3C2)ccc1C#N.Cl. The number of rotatable bonds is 2. The molecule has 0 aromatic heterocycles. The average Bonchev–Trinajstić information content (AvgIpc) is 2.93. The van der Waals surface area contributed by atoms with Gasteiger partial charge >= 0.3 is 0 Å². The topological polar surface area (TPSA) is 87.2 Å². The number of aryl methyl sites for hydroxylation is 1. The van der Waals surface area contributed by atoms with E-state index in [0.29, 0.717) is 30.1 Å². The Morgan fingerprint density at radius 3 is 2.65 bits per heavy atom. The fourth-order valence-electron chi connectivity index (χ4n) is 3.74. The fraction of sp³-hybridized carbons (Fsp3) is 0.562. The van der Waals surface area contributed by atoms with Gasteiger partial charge in [-0.05, 0) is 55.4 Å². The number of nitriles is 1. The fourth-order valence-corrected chi connectivity index (χ4v) is 5.36. The Kier molecular flexibility index (Phi) is 5.37. The molecule has 5 nitrogen and oxygen atoms in total. The Bertz CT molecular complexity index is 729. The maximum Gasteiger partial charge on any atom is 0.243 e. The van der Waals surface area contributed by atoms with E-state index >= 15 is 0 Å². The number of fused-ring (bicyclic) bond motifs is 1. The average molecular weight is 356 g/mol. The zero-order valence-corrected chi connectivity index (χ0v) is 14.7. The molecular weight excluding hydrogens is 334 g/mol. The van der Waals surface area contributed by atoms with Gasteiger partial charge in [0.15, 0.2) is 0 Å². The Hall–Kier alpha value is -1.13. The predicted octanol–water partition coefficient (Wildman–Crippen LogP) is 2.04. The maximum absolute atomic E-state index is 12.8. The highest BCUT2D eigenvalue weighted by Gasteiger charge is 2.43. The predicted molar refractivity (Wildman–Crippen MR) is 90.7 cm³/mol. The molecule has 1 heterocycles. The van der Waals surface area contributed by atoms with Gasteiger partial charge < -0.3 is 5.73 Å². The number of sulfonamides is 1. The highest BCUT2D eigenvalue weighted by molar-refractivity contribution is 7.89. The smallest absolute Gasteiger partial charge is 0.243 e. The highest BCUT2D eigenvalue weighted by Crippen LogP contribution is 2.37. The van der Waals surface area contributed by atoms with E-state index in [-0.39, 0.29) is 29.3 Å². The van der Waals surface area contributed by atoms with Crippen LogP contribution >= 0.6 is 12.4 Å². The van der Waals surface area contributed by atoms with E-state index in [9.17, 15) is 8.42 Å². The molecule has 0 amide bonds. The number of nitrogens with zero attached hydrogens (tertiary/aromatic N) is 2. The third-order valence-corrected chi connectivity index (χ3v) is 6.90. The molecule has 3 atom stereocenters. The second-order valence-corrected chi connectivity index (χ2v) is 8.37. The standard InChI is InChI=1S/C16H21N3O2S.ClH/c1-11-7-14(6-5-12(11)8-17)22(20,21)19-9-13-3-2-4-16(18)15(13)10-19;/h5-7,13,15-16H,2-4,9-10,18H2,1H3;1H. The van der Waals surface area contributed by atoms with Gasteiger partial charge in [0.05, 0.1) is 16.5 Å². The monoisotopic (exact) mass is 355 g/mol. The summed E-state index contributed by atoms with van der Waals surface area (Å²) >= 11 is 0. The van der Waals surface area contributed by atoms with Crippen LogP contribution in [0, 0.1) is 30.1 Å². The molecule has 7 heteroatoms. The zero-order chi connectivity index (χ0) is 15.9. The number of nitrogens with two attached hydrogens (primary N) is 1. The van der Waals surface area contributed by atoms with Crippen molar-refractivity contribution in [3.63, 3.8) is 0 Å². The van der Waals surface area contributed by atoms with Crippen LogP contribution in [0.15, 0.2) is 23.1 Å². The summed E-state index contributed by atoms with van der Waals surface area (Å²) in [7, 11) is -3.50. The first-order chi connectivity index (χ1) is 10.4. The minimum Gasteiger partial charge on any atom is -0.327 e. The van der Waals surface area contributed by atoms with Gasteiger partial charge in [-0.3, -0.25) is 0 Å². The normalized spacial score (nSPS) is 27.8. The largest absolute Gasteiger partial charge is 0.327 e. The van der Waals surface area contributed by atoms with Crippen LogP contribution in [0.1, 0.15) is 30.4 Å². The first-order valence-corrected chi connectivity index (χ1v) is 9.14. The van der Waals surface area contributed by atoms with E-state index in [1.165, 1.54) is 6.07 Å². The molecule has 1 aromatic carbocycles. The van der Waals surface area contributed by atoms with Crippen LogP contribution in [-0.2, 0) is 10.0 Å². The molecule has 0 bridgehead atoms. The van der Waals surface area contributed by atoms with E-state index in [2.05, 4.69) is 6.07 Å². The van der Waals surface area contributed by atoms with Crippen LogP contribution in [0.3, 0.4) is 0 Å². The van der Waals surface area contributed by atoms with Gasteiger partial charge in [-0.2, -0.15) is 9.57 Å². The summed E-state index contributed by atoms with van der Waals surface area (Å²) in [6.07, 6.45) is 3.15. The van der Waals surface area contributed by atoms with Crippen LogP contribution in [0.4, 0.5) is 0 Å². The van der Waals surface area contributed by atoms with Gasteiger partial charge in [0.25, 0.3) is 0 Å². The van der Waals surface area contributed by atoms with E-state index in [1.54, 1.807) is 23.4 Å². The number of hydrogen-bond donors (Lipinski definition) is 1. The summed E-state index contributed by atoms with van der Waals surface area (Å²) in [6.45, 7) is 2.85. The first kappa shape index (κ1) is 18.2. The number of halogens is 1. The molecule has 1 saturated heterocycles. The summed E-state index contributed by atoms with van der Waals surface area (Å²) in [4.78, 5) is 0.274. The molecule has 2 aliphatic rings. The van der Waals surface area contributed by atoms with Crippen molar-refractivity contribution in [3.8, 4) is 6.07 Å². The lowest BCUT2D eigenvalue weighted by Gasteiger charge is -2.29. The molecule has 1 saturated carbocycles. The molecular formula is C16H22ClN3O2S. The minimum atomic E-state index is -3.50. The molecule has 0 spiro atoms. The third-order valence-electron chi connectivity index (χ3n) is 5.08. The van der Waals surface area contributed by atoms with Gasteiger partial charge in [-0.25, -0.2) is 8.42 Å². The van der Waals surface area contributed by atoms with Crippen LogP contribution in [0.5, 0.6) is 0 Å². The lowest BCUT2D eigenvalue weighted by Crippen LogP contribution is -2.38. The molecule has 126 valence electrons. The molecule has 1 aliphatic carbocycles. The van der Waals surface area contributed by atoms with E-state index < -0.39 is 10.0 Å². The lowest BCUT2D eigenvalue weighted by molar-refractivity contribution is 0.260. The maximum atomic E-state index is 12.8. The molecule has 1 aromatic rings. The quantitative estimate of drug-likeness (QED) is 0.879. The van der Waals surface area contributed by atoms with E-state index in [0.717, 1.165) is 19.3 Å². The number of benzene rings is 1. The summed E-state index contributed by atoms with van der Waals surface area (Å²) in [5, 5.41) is 8.97. The van der Waals surface area contributed by atoms with Crippen molar-refractivity contribution in [1.29, 1.82) is 5.26 Å². The van der Waals surface area contributed by atoms with Gasteiger partial charge in [-0.15, -0.1) is 12.4 Å². The van der Waals surface area contributed by atoms with Gasteiger partial charge in [0.1, 0.15) is 0 Å². The van der Waals surface area contributed by atoms with Crippen molar-refractivity contribution in [2.45, 2.75) is 37.1 Å². The van der Waals surface area contributed by atoms with Crippen molar-refractivity contribution >= 4 is 22.4 Å². The Morgan fingerprint density at radius 1 is 1.30 bits per heavy atom. The summed E-state index contributed by atoms with van der Waals surface area (Å²) in [5.74, 6) is 0.668. The van der Waals surface area contributed by atoms with Gasteiger partial charge in [0, 0.05) is 19.1 Å². The Balaban J connectivity index is 0.00000192. The van der Waals surface area contributed by atoms with Crippen LogP contribution < -0.4 is 5.73 Å². The van der Waals surface area contributed by atoms with Crippen LogP contribution in [0.25, 0.3) is 0 Å². The minimum absolute atomic E-state index is 0. The van der Waals surface area contributed by atoms with Crippen molar-refractivity contribution in [1.82, 2.24) is 4.31 Å². The van der Waals surface area contributed by atoms with Crippen LogP contribution in [0.2, 0.25) is 0 Å². The summed E-state index contributed by atoms with van der Waals surface area (Å²) in [5.41, 5.74) is 7.37. The first-order valence-electron chi connectivity index (χ1n) is 7.70. The van der Waals surface area contributed by atoms with Gasteiger partial charge in [0.2, 0.25) is 10.0 Å². The lowest BCUT2D eigenvalue weighted by atomic mass is 9.78. The molecule has 3 rings (SSSR count). The highest BCUT2D eigenvalue weighted by atomic mass is 35.5. The van der Waals surface area contributed by atoms with Crippen molar-refractivity contribution in [2.24, 2.45) is 17.6 Å². The van der Waals surface area contributed by atoms with Gasteiger partial charge in [-0.1, -0.05) is 6.42 Å². The molecule has 3 unspecified atom stereocenters.